The summed E-state index contributed by atoms with van der Waals surface area (Å²) in [5, 5.41) is 8.06. The van der Waals surface area contributed by atoms with Crippen LogP contribution in [0.2, 0.25) is 0 Å². The highest BCUT2D eigenvalue weighted by molar-refractivity contribution is 7.90. The van der Waals surface area contributed by atoms with E-state index in [1.54, 1.807) is 11.6 Å². The summed E-state index contributed by atoms with van der Waals surface area (Å²) in [7, 11) is -1.26. The van der Waals surface area contributed by atoms with Crippen molar-refractivity contribution in [2.45, 2.75) is 0 Å². The van der Waals surface area contributed by atoms with Gasteiger partial charge in [0.05, 0.1) is 10.9 Å². The SMILES string of the molecule is O=S1C=c2c(ccc3cncnc23)=NN1. The van der Waals surface area contributed by atoms with E-state index in [9.17, 15) is 4.21 Å². The molecule has 0 fully saturated rings. The summed E-state index contributed by atoms with van der Waals surface area (Å²) < 4.78 is 11.3. The van der Waals surface area contributed by atoms with E-state index >= 15 is 0 Å². The molecule has 74 valence electrons. The summed E-state index contributed by atoms with van der Waals surface area (Å²) in [4.78, 5) is 10.6. The maximum atomic E-state index is 11.3. The van der Waals surface area contributed by atoms with E-state index in [1.165, 1.54) is 6.33 Å². The number of nitrogens with one attached hydrogen (secondary N) is 1. The van der Waals surface area contributed by atoms with Gasteiger partial charge in [0.25, 0.3) is 0 Å². The summed E-state index contributed by atoms with van der Waals surface area (Å²) >= 11 is 0. The number of fused-ring (bicyclic) bond motifs is 3. The fourth-order valence-corrected chi connectivity index (χ4v) is 2.20. The summed E-state index contributed by atoms with van der Waals surface area (Å²) in [6.45, 7) is 0. The van der Waals surface area contributed by atoms with Crippen LogP contribution in [-0.2, 0) is 11.0 Å². The van der Waals surface area contributed by atoms with E-state index in [-0.39, 0.29) is 0 Å². The van der Waals surface area contributed by atoms with Gasteiger partial charge in [-0.25, -0.2) is 19.0 Å². The highest BCUT2D eigenvalue weighted by Gasteiger charge is 2.04. The Balaban J connectivity index is 2.59. The number of hydrogen-bond donors (Lipinski definition) is 1. The lowest BCUT2D eigenvalue weighted by molar-refractivity contribution is 0.680. The van der Waals surface area contributed by atoms with Crippen molar-refractivity contribution in [3.05, 3.63) is 35.2 Å². The van der Waals surface area contributed by atoms with Crippen molar-refractivity contribution < 1.29 is 4.21 Å². The lowest BCUT2D eigenvalue weighted by Gasteiger charge is -2.03. The molecule has 0 bridgehead atoms. The summed E-state index contributed by atoms with van der Waals surface area (Å²) in [6.07, 6.45) is 3.20. The molecule has 1 aromatic heterocycles. The zero-order valence-corrected chi connectivity index (χ0v) is 8.36. The fraction of sp³-hybridized carbons (Fsp3) is 0. The Morgan fingerprint density at radius 3 is 3.20 bits per heavy atom. The average Bonchev–Trinajstić information content (AvgIpc) is 2.29. The van der Waals surface area contributed by atoms with Crippen molar-refractivity contribution >= 4 is 27.3 Å². The minimum atomic E-state index is -1.26. The van der Waals surface area contributed by atoms with Crippen molar-refractivity contribution in [1.82, 2.24) is 14.8 Å². The van der Waals surface area contributed by atoms with Crippen molar-refractivity contribution in [3.8, 4) is 0 Å². The molecule has 15 heavy (non-hydrogen) atoms. The Bertz CT molecular complexity index is 682. The van der Waals surface area contributed by atoms with E-state index in [0.717, 1.165) is 21.5 Å². The maximum absolute atomic E-state index is 11.3. The standard InChI is InChI=1S/C9H6N4OS/c14-15-4-7-8(12-13-15)2-1-6-3-10-5-11-9(6)7/h1-5,13H. The monoisotopic (exact) mass is 218 g/mol. The molecule has 5 nitrogen and oxygen atoms in total. The van der Waals surface area contributed by atoms with Crippen LogP contribution in [0.1, 0.15) is 0 Å². The van der Waals surface area contributed by atoms with Crippen LogP contribution in [0.25, 0.3) is 16.3 Å². The van der Waals surface area contributed by atoms with Gasteiger partial charge in [0.2, 0.25) is 0 Å². The third-order valence-electron chi connectivity index (χ3n) is 2.17. The number of benzene rings is 1. The Hall–Kier alpha value is -1.82. The van der Waals surface area contributed by atoms with Crippen LogP contribution in [0.15, 0.2) is 29.8 Å². The molecule has 1 N–H and O–H groups in total. The van der Waals surface area contributed by atoms with Crippen molar-refractivity contribution in [3.63, 3.8) is 0 Å². The Morgan fingerprint density at radius 1 is 1.33 bits per heavy atom. The minimum absolute atomic E-state index is 0.751. The molecule has 6 heteroatoms. The molecule has 0 saturated carbocycles. The van der Waals surface area contributed by atoms with E-state index < -0.39 is 11.0 Å². The molecule has 1 aromatic carbocycles. The van der Waals surface area contributed by atoms with Gasteiger partial charge in [-0.15, -0.1) is 0 Å². The Labute approximate surface area is 87.1 Å². The lowest BCUT2D eigenvalue weighted by atomic mass is 10.2. The predicted octanol–water partition coefficient (Wildman–Crippen LogP) is -0.831. The zero-order chi connectivity index (χ0) is 10.3. The molecule has 1 atom stereocenters. The number of rotatable bonds is 0. The first-order valence-electron chi connectivity index (χ1n) is 4.29. The predicted molar refractivity (Wildman–Crippen MR) is 56.1 cm³/mol. The van der Waals surface area contributed by atoms with Crippen LogP contribution in [0, 0.1) is 0 Å². The number of nitrogens with zero attached hydrogens (tertiary/aromatic N) is 3. The highest BCUT2D eigenvalue weighted by atomic mass is 32.2. The molecule has 0 spiro atoms. The van der Waals surface area contributed by atoms with Gasteiger partial charge in [-0.3, -0.25) is 0 Å². The van der Waals surface area contributed by atoms with Gasteiger partial charge < -0.3 is 0 Å². The van der Waals surface area contributed by atoms with Gasteiger partial charge in [0, 0.05) is 22.2 Å². The minimum Gasteiger partial charge on any atom is -0.244 e. The lowest BCUT2D eigenvalue weighted by Crippen LogP contribution is -2.34. The smallest absolute Gasteiger partial charge is 0.159 e. The second-order valence-corrected chi connectivity index (χ2v) is 4.09. The van der Waals surface area contributed by atoms with E-state index in [4.69, 9.17) is 0 Å². The van der Waals surface area contributed by atoms with Gasteiger partial charge in [0.1, 0.15) is 6.33 Å². The van der Waals surface area contributed by atoms with Crippen LogP contribution in [-0.4, -0.2) is 14.2 Å². The first-order valence-corrected chi connectivity index (χ1v) is 5.50. The molecule has 2 heterocycles. The largest absolute Gasteiger partial charge is 0.244 e. The third-order valence-corrected chi connectivity index (χ3v) is 2.89. The van der Waals surface area contributed by atoms with Crippen LogP contribution in [0.5, 0.6) is 0 Å². The van der Waals surface area contributed by atoms with Gasteiger partial charge in [-0.05, 0) is 12.1 Å². The zero-order valence-electron chi connectivity index (χ0n) is 7.54. The second-order valence-electron chi connectivity index (χ2n) is 3.08. The molecule has 1 aliphatic heterocycles. The van der Waals surface area contributed by atoms with Gasteiger partial charge >= 0.3 is 0 Å². The summed E-state index contributed by atoms with van der Waals surface area (Å²) in [5.74, 6) is 0. The molecule has 2 aromatic rings. The number of aromatic nitrogens is 2. The van der Waals surface area contributed by atoms with Gasteiger partial charge in [-0.2, -0.15) is 5.10 Å². The summed E-state index contributed by atoms with van der Waals surface area (Å²) in [6, 6.07) is 3.74. The van der Waals surface area contributed by atoms with Crippen LogP contribution in [0.3, 0.4) is 0 Å². The fourth-order valence-electron chi connectivity index (χ4n) is 1.51. The molecule has 3 rings (SSSR count). The molecular weight excluding hydrogens is 212 g/mol. The first kappa shape index (κ1) is 8.49. The average molecular weight is 218 g/mol. The molecule has 0 radical (unpaired) electrons. The van der Waals surface area contributed by atoms with E-state index in [2.05, 4.69) is 19.9 Å². The Kier molecular flexibility index (Phi) is 1.75. The highest BCUT2D eigenvalue weighted by Crippen LogP contribution is 2.01. The van der Waals surface area contributed by atoms with Crippen LogP contribution >= 0.6 is 0 Å². The van der Waals surface area contributed by atoms with E-state index in [0.29, 0.717) is 0 Å². The Morgan fingerprint density at radius 2 is 2.27 bits per heavy atom. The first-order chi connectivity index (χ1) is 7.34. The van der Waals surface area contributed by atoms with Crippen molar-refractivity contribution in [1.29, 1.82) is 0 Å². The summed E-state index contributed by atoms with van der Waals surface area (Å²) in [5.41, 5.74) is 0.779. The topological polar surface area (TPSA) is 67.2 Å². The number of hydrogen-bond acceptors (Lipinski definition) is 4. The van der Waals surface area contributed by atoms with Crippen LogP contribution in [0.4, 0.5) is 0 Å². The normalized spacial score (nSPS) is 18.5. The van der Waals surface area contributed by atoms with Crippen molar-refractivity contribution in [2.75, 3.05) is 0 Å². The van der Waals surface area contributed by atoms with Gasteiger partial charge in [0.15, 0.2) is 11.0 Å². The molecule has 0 saturated heterocycles. The van der Waals surface area contributed by atoms with E-state index in [1.807, 2.05) is 12.1 Å². The second kappa shape index (κ2) is 3.09. The quantitative estimate of drug-likeness (QED) is 0.627. The van der Waals surface area contributed by atoms with Crippen molar-refractivity contribution in [2.24, 2.45) is 5.10 Å². The molecular formula is C9H6N4OS. The molecule has 0 amide bonds. The molecule has 1 aliphatic rings. The molecule has 1 unspecified atom stereocenters. The molecule has 0 aliphatic carbocycles. The maximum Gasteiger partial charge on any atom is 0.159 e. The van der Waals surface area contributed by atoms with Crippen LogP contribution < -0.4 is 15.4 Å². The van der Waals surface area contributed by atoms with Gasteiger partial charge in [-0.1, -0.05) is 0 Å². The third kappa shape index (κ3) is 1.30.